The van der Waals surface area contributed by atoms with E-state index in [1.165, 1.54) is 0 Å². The van der Waals surface area contributed by atoms with Gasteiger partial charge in [0.15, 0.2) is 0 Å². The highest BCUT2D eigenvalue weighted by Gasteiger charge is 2.72. The van der Waals surface area contributed by atoms with Crippen molar-refractivity contribution in [2.24, 2.45) is 0 Å². The molecule has 72 valence electrons. The van der Waals surface area contributed by atoms with Crippen LogP contribution in [0.2, 0.25) is 0 Å². The van der Waals surface area contributed by atoms with Gasteiger partial charge in [0.1, 0.15) is 5.75 Å². The van der Waals surface area contributed by atoms with E-state index in [2.05, 4.69) is 0 Å². The Morgan fingerprint density at radius 1 is 1.17 bits per heavy atom. The highest BCUT2D eigenvalue weighted by Crippen LogP contribution is 2.46. The van der Waals surface area contributed by atoms with Gasteiger partial charge in [0.2, 0.25) is 16.0 Å². The fourth-order valence-electron chi connectivity index (χ4n) is 0.826. The van der Waals surface area contributed by atoms with E-state index >= 15 is 0 Å². The molecular formula is C4H3F5O2S. The van der Waals surface area contributed by atoms with E-state index < -0.39 is 32.9 Å². The standard InChI is InChI=1S/C4H3F5O2S/c5-2-3(6,7)1-12(10,11)4(2,8)9/h2H,1H2. The van der Waals surface area contributed by atoms with Crippen molar-refractivity contribution in [2.45, 2.75) is 17.3 Å². The van der Waals surface area contributed by atoms with Crippen molar-refractivity contribution in [2.75, 3.05) is 5.75 Å². The lowest BCUT2D eigenvalue weighted by molar-refractivity contribution is -0.112. The molecule has 0 aromatic rings. The van der Waals surface area contributed by atoms with E-state index in [1.54, 1.807) is 0 Å². The average molecular weight is 210 g/mol. The highest BCUT2D eigenvalue weighted by molar-refractivity contribution is 7.92. The van der Waals surface area contributed by atoms with E-state index in [0.717, 1.165) is 0 Å². The monoisotopic (exact) mass is 210 g/mol. The lowest BCUT2D eigenvalue weighted by atomic mass is 10.2. The van der Waals surface area contributed by atoms with Crippen molar-refractivity contribution < 1.29 is 30.4 Å². The zero-order valence-corrected chi connectivity index (χ0v) is 6.22. The summed E-state index contributed by atoms with van der Waals surface area (Å²) >= 11 is 0. The number of alkyl halides is 5. The first kappa shape index (κ1) is 9.69. The van der Waals surface area contributed by atoms with Crippen LogP contribution in [-0.4, -0.2) is 31.5 Å². The van der Waals surface area contributed by atoms with Crippen LogP contribution in [-0.2, 0) is 9.84 Å². The minimum Gasteiger partial charge on any atom is -0.233 e. The third-order valence-electron chi connectivity index (χ3n) is 1.46. The van der Waals surface area contributed by atoms with E-state index in [1.807, 2.05) is 0 Å². The second kappa shape index (κ2) is 2.09. The van der Waals surface area contributed by atoms with E-state index in [4.69, 9.17) is 0 Å². The largest absolute Gasteiger partial charge is 0.382 e. The molecule has 0 aliphatic carbocycles. The second-order valence-electron chi connectivity index (χ2n) is 2.44. The minimum atomic E-state index is -5.34. The molecule has 0 saturated carbocycles. The molecule has 1 aliphatic heterocycles. The number of sulfone groups is 1. The van der Waals surface area contributed by atoms with Gasteiger partial charge in [-0.05, 0) is 0 Å². The van der Waals surface area contributed by atoms with Gasteiger partial charge in [0, 0.05) is 0 Å². The van der Waals surface area contributed by atoms with E-state index in [9.17, 15) is 30.4 Å². The SMILES string of the molecule is O=S1(=O)CC(F)(F)C(F)C1(F)F. The van der Waals surface area contributed by atoms with Crippen LogP contribution in [0.4, 0.5) is 22.0 Å². The topological polar surface area (TPSA) is 34.1 Å². The number of hydrogen-bond acceptors (Lipinski definition) is 2. The normalized spacial score (nSPS) is 36.6. The molecule has 0 radical (unpaired) electrons. The molecule has 2 nitrogen and oxygen atoms in total. The summed E-state index contributed by atoms with van der Waals surface area (Å²) in [6, 6.07) is 0. The van der Waals surface area contributed by atoms with Crippen molar-refractivity contribution in [3.05, 3.63) is 0 Å². The van der Waals surface area contributed by atoms with Gasteiger partial charge in [0.05, 0.1) is 0 Å². The van der Waals surface area contributed by atoms with Crippen LogP contribution in [0.15, 0.2) is 0 Å². The summed E-state index contributed by atoms with van der Waals surface area (Å²) in [7, 11) is -5.34. The van der Waals surface area contributed by atoms with Crippen molar-refractivity contribution >= 4 is 9.84 Å². The molecular weight excluding hydrogens is 207 g/mol. The summed E-state index contributed by atoms with van der Waals surface area (Å²) in [6.45, 7) is 0. The lowest BCUT2D eigenvalue weighted by Crippen LogP contribution is -2.37. The van der Waals surface area contributed by atoms with Crippen molar-refractivity contribution in [1.29, 1.82) is 0 Å². The van der Waals surface area contributed by atoms with E-state index in [0.29, 0.717) is 0 Å². The Kier molecular flexibility index (Phi) is 1.69. The van der Waals surface area contributed by atoms with Gasteiger partial charge in [-0.15, -0.1) is 0 Å². The average Bonchev–Trinajstić information content (AvgIpc) is 1.90. The Morgan fingerprint density at radius 2 is 1.58 bits per heavy atom. The zero-order chi connectivity index (χ0) is 9.78. The molecule has 1 atom stereocenters. The van der Waals surface area contributed by atoms with Crippen molar-refractivity contribution in [1.82, 2.24) is 0 Å². The Balaban J connectivity index is 3.24. The smallest absolute Gasteiger partial charge is 0.233 e. The predicted molar refractivity (Wildman–Crippen MR) is 28.6 cm³/mol. The Bertz CT molecular complexity index is 295. The molecule has 1 saturated heterocycles. The van der Waals surface area contributed by atoms with Gasteiger partial charge in [0.25, 0.3) is 5.92 Å². The van der Waals surface area contributed by atoms with Crippen molar-refractivity contribution in [3.63, 3.8) is 0 Å². The Hall–Kier alpha value is -0.400. The lowest BCUT2D eigenvalue weighted by Gasteiger charge is -2.12. The number of hydrogen-bond donors (Lipinski definition) is 0. The van der Waals surface area contributed by atoms with Crippen LogP contribution < -0.4 is 0 Å². The molecule has 0 N–H and O–H groups in total. The summed E-state index contributed by atoms with van der Waals surface area (Å²) in [5, 5.41) is -4.96. The summed E-state index contributed by atoms with van der Waals surface area (Å²) < 4.78 is 81.1. The van der Waals surface area contributed by atoms with Crippen LogP contribution in [0.25, 0.3) is 0 Å². The van der Waals surface area contributed by atoms with Crippen LogP contribution >= 0.6 is 0 Å². The molecule has 0 amide bonds. The second-order valence-corrected chi connectivity index (χ2v) is 4.51. The Labute approximate surface area is 64.3 Å². The fraction of sp³-hybridized carbons (Fsp3) is 1.00. The first-order valence-electron chi connectivity index (χ1n) is 2.73. The summed E-state index contributed by atoms with van der Waals surface area (Å²) in [5.41, 5.74) is 0. The van der Waals surface area contributed by atoms with Crippen LogP contribution in [0.5, 0.6) is 0 Å². The molecule has 1 rings (SSSR count). The van der Waals surface area contributed by atoms with Crippen LogP contribution in [0.3, 0.4) is 0 Å². The number of rotatable bonds is 0. The molecule has 0 spiro atoms. The minimum absolute atomic E-state index is 2.13. The molecule has 1 fully saturated rings. The summed E-state index contributed by atoms with van der Waals surface area (Å²) in [4.78, 5) is 0. The molecule has 1 heterocycles. The molecule has 12 heavy (non-hydrogen) atoms. The molecule has 8 heteroatoms. The molecule has 0 aromatic carbocycles. The summed E-state index contributed by atoms with van der Waals surface area (Å²) in [5.74, 6) is -6.61. The third-order valence-corrected chi connectivity index (χ3v) is 3.26. The van der Waals surface area contributed by atoms with E-state index in [-0.39, 0.29) is 0 Å². The van der Waals surface area contributed by atoms with Gasteiger partial charge in [-0.1, -0.05) is 0 Å². The maximum atomic E-state index is 12.2. The fourth-order valence-corrected chi connectivity index (χ4v) is 2.16. The molecule has 0 aromatic heterocycles. The predicted octanol–water partition coefficient (Wildman–Crippen LogP) is 0.981. The maximum Gasteiger partial charge on any atom is 0.382 e. The molecule has 1 aliphatic rings. The van der Waals surface area contributed by atoms with Gasteiger partial charge >= 0.3 is 5.25 Å². The van der Waals surface area contributed by atoms with Crippen molar-refractivity contribution in [3.8, 4) is 0 Å². The van der Waals surface area contributed by atoms with Gasteiger partial charge in [-0.25, -0.2) is 21.6 Å². The van der Waals surface area contributed by atoms with Gasteiger partial charge in [-0.3, -0.25) is 0 Å². The highest BCUT2D eigenvalue weighted by atomic mass is 32.2. The van der Waals surface area contributed by atoms with Gasteiger partial charge < -0.3 is 0 Å². The third kappa shape index (κ3) is 1.00. The quantitative estimate of drug-likeness (QED) is 0.558. The Morgan fingerprint density at radius 3 is 1.67 bits per heavy atom. The van der Waals surface area contributed by atoms with Crippen LogP contribution in [0, 0.1) is 0 Å². The van der Waals surface area contributed by atoms with Crippen LogP contribution in [0.1, 0.15) is 0 Å². The maximum absolute atomic E-state index is 12.2. The first-order valence-corrected chi connectivity index (χ1v) is 4.38. The zero-order valence-electron chi connectivity index (χ0n) is 5.40. The molecule has 0 bridgehead atoms. The summed E-state index contributed by atoms with van der Waals surface area (Å²) in [6.07, 6.45) is -3.94. The molecule has 1 unspecified atom stereocenters. The van der Waals surface area contributed by atoms with Gasteiger partial charge in [-0.2, -0.15) is 8.78 Å². The number of halogens is 5. The first-order chi connectivity index (χ1) is 5.11.